The molecule has 9 nitrogen and oxygen atoms in total. The van der Waals surface area contributed by atoms with Crippen molar-refractivity contribution in [1.82, 2.24) is 18.8 Å². The molecular formula is C25H30N4O5S. The maximum atomic E-state index is 13.5. The Labute approximate surface area is 204 Å². The van der Waals surface area contributed by atoms with Crippen molar-refractivity contribution < 1.29 is 13.2 Å². The van der Waals surface area contributed by atoms with E-state index < -0.39 is 27.3 Å². The Kier molecular flexibility index (Phi) is 6.95. The van der Waals surface area contributed by atoms with Gasteiger partial charge in [0.2, 0.25) is 15.9 Å². The molecule has 2 heterocycles. The van der Waals surface area contributed by atoms with E-state index in [9.17, 15) is 22.8 Å². The normalized spacial score (nSPS) is 17.5. The van der Waals surface area contributed by atoms with Gasteiger partial charge in [-0.1, -0.05) is 30.3 Å². The average molecular weight is 499 g/mol. The van der Waals surface area contributed by atoms with Gasteiger partial charge in [-0.15, -0.1) is 0 Å². The standard InChI is InChI=1S/C25H30N4O5S/c1-17-9-7-8-14-29(17)24(31)21(15-18-10-5-4-6-11-18)26-35(33,34)19-12-13-22-20(16-19)23(30)28(3)25(32)27(22)2/h4-6,10-13,16-17,21,26H,7-9,14-15H2,1-3H3/t17-,21+/m1/s1. The summed E-state index contributed by atoms with van der Waals surface area (Å²) in [7, 11) is -1.29. The van der Waals surface area contributed by atoms with Gasteiger partial charge < -0.3 is 4.90 Å². The van der Waals surface area contributed by atoms with Gasteiger partial charge in [-0.05, 0) is 56.4 Å². The number of amides is 1. The number of nitrogens with one attached hydrogen (secondary N) is 1. The summed E-state index contributed by atoms with van der Waals surface area (Å²) in [5, 5.41) is 0.105. The first-order chi connectivity index (χ1) is 16.6. The molecular weight excluding hydrogens is 468 g/mol. The summed E-state index contributed by atoms with van der Waals surface area (Å²) in [6.07, 6.45) is 3.00. The van der Waals surface area contributed by atoms with Gasteiger partial charge in [0.05, 0.1) is 15.8 Å². The number of hydrogen-bond donors (Lipinski definition) is 1. The molecule has 2 atom stereocenters. The number of rotatable bonds is 6. The molecule has 1 aliphatic rings. The first kappa shape index (κ1) is 24.9. The van der Waals surface area contributed by atoms with E-state index in [2.05, 4.69) is 4.72 Å². The Morgan fingerprint density at radius 3 is 2.46 bits per heavy atom. The molecule has 2 aromatic carbocycles. The van der Waals surface area contributed by atoms with Gasteiger partial charge in [-0.25, -0.2) is 13.2 Å². The van der Waals surface area contributed by atoms with Crippen molar-refractivity contribution in [3.8, 4) is 0 Å². The van der Waals surface area contributed by atoms with Gasteiger partial charge >= 0.3 is 5.69 Å². The molecule has 3 aromatic rings. The molecule has 0 spiro atoms. The molecule has 0 radical (unpaired) electrons. The van der Waals surface area contributed by atoms with Crippen molar-refractivity contribution in [3.05, 3.63) is 74.9 Å². The van der Waals surface area contributed by atoms with E-state index in [1.54, 1.807) is 4.90 Å². The molecule has 1 amide bonds. The van der Waals surface area contributed by atoms with Crippen molar-refractivity contribution in [3.63, 3.8) is 0 Å². The van der Waals surface area contributed by atoms with Crippen LogP contribution in [0.5, 0.6) is 0 Å². The van der Waals surface area contributed by atoms with Crippen LogP contribution in [0.2, 0.25) is 0 Å². The van der Waals surface area contributed by atoms with Crippen LogP contribution in [0.15, 0.2) is 63.0 Å². The summed E-state index contributed by atoms with van der Waals surface area (Å²) in [5.41, 5.74) is 0.0799. The maximum absolute atomic E-state index is 13.5. The Hall–Kier alpha value is -3.24. The maximum Gasteiger partial charge on any atom is 0.330 e. The highest BCUT2D eigenvalue weighted by atomic mass is 32.2. The topological polar surface area (TPSA) is 110 Å². The van der Waals surface area contributed by atoms with E-state index in [4.69, 9.17) is 0 Å². The van der Waals surface area contributed by atoms with E-state index in [1.165, 1.54) is 36.9 Å². The second-order valence-electron chi connectivity index (χ2n) is 9.12. The number of carbonyl (C=O) groups is 1. The molecule has 10 heteroatoms. The molecule has 0 unspecified atom stereocenters. The molecule has 1 aliphatic heterocycles. The highest BCUT2D eigenvalue weighted by Gasteiger charge is 2.33. The number of sulfonamides is 1. The van der Waals surface area contributed by atoms with E-state index in [0.717, 1.165) is 29.4 Å². The molecule has 1 aromatic heterocycles. The van der Waals surface area contributed by atoms with Gasteiger partial charge in [0.25, 0.3) is 5.56 Å². The van der Waals surface area contributed by atoms with E-state index in [-0.39, 0.29) is 28.7 Å². The zero-order valence-corrected chi connectivity index (χ0v) is 20.9. The van der Waals surface area contributed by atoms with Crippen molar-refractivity contribution in [1.29, 1.82) is 0 Å². The molecule has 1 N–H and O–H groups in total. The van der Waals surface area contributed by atoms with Crippen molar-refractivity contribution in [2.24, 2.45) is 14.1 Å². The monoisotopic (exact) mass is 498 g/mol. The van der Waals surface area contributed by atoms with Gasteiger partial charge in [0, 0.05) is 26.7 Å². The Balaban J connectivity index is 1.72. The highest BCUT2D eigenvalue weighted by Crippen LogP contribution is 2.21. The molecule has 1 saturated heterocycles. The summed E-state index contributed by atoms with van der Waals surface area (Å²) < 4.78 is 31.7. The van der Waals surface area contributed by atoms with Crippen LogP contribution in [0.1, 0.15) is 31.7 Å². The first-order valence-corrected chi connectivity index (χ1v) is 13.1. The summed E-state index contributed by atoms with van der Waals surface area (Å²) in [6.45, 7) is 2.57. The predicted octanol–water partition coefficient (Wildman–Crippen LogP) is 1.53. The lowest BCUT2D eigenvalue weighted by Crippen LogP contribution is -2.53. The zero-order chi connectivity index (χ0) is 25.3. The van der Waals surface area contributed by atoms with Crippen LogP contribution in [0.3, 0.4) is 0 Å². The van der Waals surface area contributed by atoms with Crippen LogP contribution in [-0.2, 0) is 35.3 Å². The molecule has 0 saturated carbocycles. The molecule has 1 fully saturated rings. The van der Waals surface area contributed by atoms with Crippen LogP contribution in [0, 0.1) is 0 Å². The quantitative estimate of drug-likeness (QED) is 0.554. The van der Waals surface area contributed by atoms with Crippen molar-refractivity contribution >= 4 is 26.8 Å². The second-order valence-corrected chi connectivity index (χ2v) is 10.8. The highest BCUT2D eigenvalue weighted by molar-refractivity contribution is 7.89. The minimum atomic E-state index is -4.16. The van der Waals surface area contributed by atoms with Crippen LogP contribution in [-0.4, -0.2) is 47.0 Å². The number of hydrogen-bond acceptors (Lipinski definition) is 5. The molecule has 4 rings (SSSR count). The molecule has 0 aliphatic carbocycles. The lowest BCUT2D eigenvalue weighted by molar-refractivity contribution is -0.136. The van der Waals surface area contributed by atoms with E-state index >= 15 is 0 Å². The van der Waals surface area contributed by atoms with Crippen LogP contribution in [0.4, 0.5) is 0 Å². The molecule has 35 heavy (non-hydrogen) atoms. The van der Waals surface area contributed by atoms with Crippen molar-refractivity contribution in [2.45, 2.75) is 49.6 Å². The fraction of sp³-hybridized carbons (Fsp3) is 0.400. The zero-order valence-electron chi connectivity index (χ0n) is 20.1. The number of nitrogens with zero attached hydrogens (tertiary/aromatic N) is 3. The van der Waals surface area contributed by atoms with Gasteiger partial charge in [-0.3, -0.25) is 18.7 Å². The summed E-state index contributed by atoms with van der Waals surface area (Å²) in [6, 6.07) is 12.3. The second kappa shape index (κ2) is 9.79. The SMILES string of the molecule is C[C@@H]1CCCCN1C(=O)[C@H](Cc1ccccc1)NS(=O)(=O)c1ccc2c(c1)c(=O)n(C)c(=O)n2C. The number of aryl methyl sites for hydroxylation is 1. The lowest BCUT2D eigenvalue weighted by atomic mass is 10.0. The lowest BCUT2D eigenvalue weighted by Gasteiger charge is -2.36. The Morgan fingerprint density at radius 1 is 1.06 bits per heavy atom. The third-order valence-electron chi connectivity index (χ3n) is 6.71. The van der Waals surface area contributed by atoms with Gasteiger partial charge in [0.15, 0.2) is 0 Å². The number of piperidine rings is 1. The van der Waals surface area contributed by atoms with Crippen molar-refractivity contribution in [2.75, 3.05) is 6.54 Å². The number of likely N-dealkylation sites (tertiary alicyclic amines) is 1. The minimum absolute atomic E-state index is 0.0315. The summed E-state index contributed by atoms with van der Waals surface area (Å²) in [5.74, 6) is -0.260. The van der Waals surface area contributed by atoms with Gasteiger partial charge in [0.1, 0.15) is 6.04 Å². The summed E-state index contributed by atoms with van der Waals surface area (Å²) in [4.78, 5) is 40.0. The number of fused-ring (bicyclic) bond motifs is 1. The van der Waals surface area contributed by atoms with Gasteiger partial charge in [-0.2, -0.15) is 4.72 Å². The Bertz CT molecular complexity index is 1480. The average Bonchev–Trinajstić information content (AvgIpc) is 2.86. The third-order valence-corrected chi connectivity index (χ3v) is 8.18. The molecule has 186 valence electrons. The Morgan fingerprint density at radius 2 is 1.77 bits per heavy atom. The number of aromatic nitrogens is 2. The predicted molar refractivity (Wildman–Crippen MR) is 134 cm³/mol. The third kappa shape index (κ3) is 4.94. The largest absolute Gasteiger partial charge is 0.339 e. The van der Waals surface area contributed by atoms with E-state index in [0.29, 0.717) is 12.1 Å². The van der Waals surface area contributed by atoms with Crippen LogP contribution in [0.25, 0.3) is 10.9 Å². The minimum Gasteiger partial charge on any atom is -0.339 e. The van der Waals surface area contributed by atoms with Crippen LogP contribution < -0.4 is 16.0 Å². The number of carbonyl (C=O) groups excluding carboxylic acids is 1. The summed E-state index contributed by atoms with van der Waals surface area (Å²) >= 11 is 0. The van der Waals surface area contributed by atoms with E-state index in [1.807, 2.05) is 37.3 Å². The molecule has 0 bridgehead atoms. The van der Waals surface area contributed by atoms with Crippen LogP contribution >= 0.6 is 0 Å². The number of benzene rings is 2. The fourth-order valence-corrected chi connectivity index (χ4v) is 5.87. The smallest absolute Gasteiger partial charge is 0.330 e. The fourth-order valence-electron chi connectivity index (χ4n) is 4.65. The first-order valence-electron chi connectivity index (χ1n) is 11.7.